The van der Waals surface area contributed by atoms with Gasteiger partial charge in [0.15, 0.2) is 10.7 Å². The maximum Gasteiger partial charge on any atom is 0.358 e. The third-order valence-electron chi connectivity index (χ3n) is 2.28. The van der Waals surface area contributed by atoms with Crippen LogP contribution in [0.3, 0.4) is 0 Å². The SMILES string of the molecule is O=C(O)c1c(Oc2cccnc2)nc2sccn12. The minimum Gasteiger partial charge on any atom is -0.476 e. The fourth-order valence-electron chi connectivity index (χ4n) is 1.55. The topological polar surface area (TPSA) is 76.7 Å². The van der Waals surface area contributed by atoms with Crippen LogP contribution in [0.15, 0.2) is 36.1 Å². The van der Waals surface area contributed by atoms with Crippen molar-refractivity contribution in [3.8, 4) is 11.6 Å². The van der Waals surface area contributed by atoms with Crippen molar-refractivity contribution in [1.82, 2.24) is 14.4 Å². The molecule has 6 nitrogen and oxygen atoms in total. The van der Waals surface area contributed by atoms with Gasteiger partial charge in [-0.15, -0.1) is 11.3 Å². The molecule has 3 aromatic heterocycles. The average Bonchev–Trinajstić information content (AvgIpc) is 2.89. The number of imidazole rings is 1. The molecule has 0 aliphatic heterocycles. The van der Waals surface area contributed by atoms with E-state index in [4.69, 9.17) is 4.74 Å². The normalized spacial score (nSPS) is 10.7. The summed E-state index contributed by atoms with van der Waals surface area (Å²) < 4.78 is 6.93. The third kappa shape index (κ3) is 1.70. The Kier molecular flexibility index (Phi) is 2.45. The van der Waals surface area contributed by atoms with Gasteiger partial charge in [-0.3, -0.25) is 9.38 Å². The zero-order valence-electron chi connectivity index (χ0n) is 8.98. The number of nitrogens with zero attached hydrogens (tertiary/aromatic N) is 3. The van der Waals surface area contributed by atoms with Gasteiger partial charge in [-0.1, -0.05) is 0 Å². The van der Waals surface area contributed by atoms with Gasteiger partial charge in [0.1, 0.15) is 5.75 Å². The molecule has 0 saturated carbocycles. The van der Waals surface area contributed by atoms with Gasteiger partial charge in [-0.25, -0.2) is 4.79 Å². The lowest BCUT2D eigenvalue weighted by Gasteiger charge is -2.02. The van der Waals surface area contributed by atoms with Crippen LogP contribution in [0.5, 0.6) is 11.6 Å². The molecule has 90 valence electrons. The van der Waals surface area contributed by atoms with Crippen LogP contribution in [-0.4, -0.2) is 25.4 Å². The number of carboxylic acids is 1. The van der Waals surface area contributed by atoms with Gasteiger partial charge in [-0.05, 0) is 12.1 Å². The van der Waals surface area contributed by atoms with Crippen LogP contribution in [0.25, 0.3) is 4.96 Å². The quantitative estimate of drug-likeness (QED) is 0.782. The van der Waals surface area contributed by atoms with E-state index in [2.05, 4.69) is 9.97 Å². The minimum absolute atomic E-state index is 0.00935. The molecule has 0 radical (unpaired) electrons. The monoisotopic (exact) mass is 261 g/mol. The lowest BCUT2D eigenvalue weighted by atomic mass is 10.4. The predicted molar refractivity (Wildman–Crippen MR) is 64.3 cm³/mol. The first-order valence-electron chi connectivity index (χ1n) is 5.02. The van der Waals surface area contributed by atoms with E-state index in [0.29, 0.717) is 10.7 Å². The van der Waals surface area contributed by atoms with Crippen molar-refractivity contribution in [2.24, 2.45) is 0 Å². The van der Waals surface area contributed by atoms with Crippen molar-refractivity contribution in [1.29, 1.82) is 0 Å². The van der Waals surface area contributed by atoms with Gasteiger partial charge in [0, 0.05) is 17.8 Å². The molecule has 0 atom stereocenters. The zero-order valence-corrected chi connectivity index (χ0v) is 9.79. The number of hydrogen-bond acceptors (Lipinski definition) is 5. The van der Waals surface area contributed by atoms with Gasteiger partial charge >= 0.3 is 5.97 Å². The second-order valence-corrected chi connectivity index (χ2v) is 4.29. The summed E-state index contributed by atoms with van der Waals surface area (Å²) in [5.41, 5.74) is 0.00935. The van der Waals surface area contributed by atoms with Crippen molar-refractivity contribution in [3.05, 3.63) is 41.8 Å². The lowest BCUT2D eigenvalue weighted by molar-refractivity contribution is 0.0686. The van der Waals surface area contributed by atoms with E-state index < -0.39 is 5.97 Å². The predicted octanol–water partition coefficient (Wildman–Crippen LogP) is 2.28. The summed E-state index contributed by atoms with van der Waals surface area (Å²) in [5, 5.41) is 11.0. The first-order valence-corrected chi connectivity index (χ1v) is 5.90. The zero-order chi connectivity index (χ0) is 12.5. The summed E-state index contributed by atoms with van der Waals surface area (Å²) in [6, 6.07) is 3.39. The van der Waals surface area contributed by atoms with Crippen LogP contribution < -0.4 is 4.74 Å². The van der Waals surface area contributed by atoms with E-state index in [1.54, 1.807) is 29.9 Å². The van der Waals surface area contributed by atoms with E-state index >= 15 is 0 Å². The summed E-state index contributed by atoms with van der Waals surface area (Å²) in [7, 11) is 0. The Hall–Kier alpha value is -2.41. The second kappa shape index (κ2) is 4.11. The number of hydrogen-bond donors (Lipinski definition) is 1. The number of fused-ring (bicyclic) bond motifs is 1. The number of pyridine rings is 1. The largest absolute Gasteiger partial charge is 0.476 e. The summed E-state index contributed by atoms with van der Waals surface area (Å²) in [5.74, 6) is -0.562. The third-order valence-corrected chi connectivity index (χ3v) is 3.04. The molecule has 3 rings (SSSR count). The summed E-state index contributed by atoms with van der Waals surface area (Å²) in [4.78, 5) is 19.8. The first kappa shape index (κ1) is 10.7. The molecular formula is C11H7N3O3S. The molecule has 0 bridgehead atoms. The Morgan fingerprint density at radius 3 is 3.11 bits per heavy atom. The van der Waals surface area contributed by atoms with Crippen molar-refractivity contribution < 1.29 is 14.6 Å². The molecule has 0 fully saturated rings. The van der Waals surface area contributed by atoms with E-state index in [9.17, 15) is 9.90 Å². The fourth-order valence-corrected chi connectivity index (χ4v) is 2.26. The highest BCUT2D eigenvalue weighted by atomic mass is 32.1. The highest BCUT2D eigenvalue weighted by Gasteiger charge is 2.21. The molecule has 0 unspecified atom stereocenters. The standard InChI is InChI=1S/C11H7N3O3S/c15-10(16)8-9(13-11-14(8)4-5-18-11)17-7-2-1-3-12-6-7/h1-6H,(H,15,16). The molecule has 0 spiro atoms. The number of ether oxygens (including phenoxy) is 1. The highest BCUT2D eigenvalue weighted by Crippen LogP contribution is 2.27. The van der Waals surface area contributed by atoms with Gasteiger partial charge in [-0.2, -0.15) is 4.98 Å². The molecule has 3 heterocycles. The van der Waals surface area contributed by atoms with Crippen LogP contribution >= 0.6 is 11.3 Å². The molecular weight excluding hydrogens is 254 g/mol. The van der Waals surface area contributed by atoms with Gasteiger partial charge < -0.3 is 9.84 Å². The van der Waals surface area contributed by atoms with E-state index in [1.165, 1.54) is 21.9 Å². The Bertz CT molecular complexity index is 705. The van der Waals surface area contributed by atoms with Gasteiger partial charge in [0.25, 0.3) is 5.88 Å². The number of thiazole rings is 1. The van der Waals surface area contributed by atoms with Crippen LogP contribution in [0.2, 0.25) is 0 Å². The Morgan fingerprint density at radius 2 is 2.39 bits per heavy atom. The van der Waals surface area contributed by atoms with Crippen molar-refractivity contribution in [2.75, 3.05) is 0 Å². The smallest absolute Gasteiger partial charge is 0.358 e. The molecule has 0 amide bonds. The van der Waals surface area contributed by atoms with E-state index in [-0.39, 0.29) is 11.6 Å². The fraction of sp³-hybridized carbons (Fsp3) is 0. The van der Waals surface area contributed by atoms with Crippen LogP contribution in [0.1, 0.15) is 10.5 Å². The first-order chi connectivity index (χ1) is 8.75. The van der Waals surface area contributed by atoms with Crippen LogP contribution in [0, 0.1) is 0 Å². The van der Waals surface area contributed by atoms with Crippen molar-refractivity contribution >= 4 is 22.3 Å². The summed E-state index contributed by atoms with van der Waals surface area (Å²) in [6.45, 7) is 0. The molecule has 0 saturated heterocycles. The van der Waals surface area contributed by atoms with Gasteiger partial charge in [0.2, 0.25) is 0 Å². The summed E-state index contributed by atoms with van der Waals surface area (Å²) in [6.07, 6.45) is 4.75. The Morgan fingerprint density at radius 1 is 1.50 bits per heavy atom. The van der Waals surface area contributed by atoms with E-state index in [0.717, 1.165) is 0 Å². The molecule has 0 aliphatic carbocycles. The molecule has 3 aromatic rings. The maximum atomic E-state index is 11.2. The maximum absolute atomic E-state index is 11.2. The van der Waals surface area contributed by atoms with Crippen LogP contribution in [0.4, 0.5) is 0 Å². The summed E-state index contributed by atoms with van der Waals surface area (Å²) >= 11 is 1.34. The average molecular weight is 261 g/mol. The number of carboxylic acid groups (broad SMARTS) is 1. The molecule has 7 heteroatoms. The Labute approximate surface area is 105 Å². The highest BCUT2D eigenvalue weighted by molar-refractivity contribution is 7.15. The van der Waals surface area contributed by atoms with Crippen molar-refractivity contribution in [3.63, 3.8) is 0 Å². The molecule has 0 aromatic carbocycles. The number of carbonyl (C=O) groups is 1. The Balaban J connectivity index is 2.08. The molecule has 1 N–H and O–H groups in total. The van der Waals surface area contributed by atoms with Crippen molar-refractivity contribution in [2.45, 2.75) is 0 Å². The van der Waals surface area contributed by atoms with Gasteiger partial charge in [0.05, 0.1) is 6.20 Å². The van der Waals surface area contributed by atoms with Crippen LogP contribution in [-0.2, 0) is 0 Å². The minimum atomic E-state index is -1.08. The lowest BCUT2D eigenvalue weighted by Crippen LogP contribution is -2.02. The number of aromatic carboxylic acids is 1. The number of rotatable bonds is 3. The molecule has 0 aliphatic rings. The van der Waals surface area contributed by atoms with E-state index in [1.807, 2.05) is 0 Å². The molecule has 18 heavy (non-hydrogen) atoms. The number of aromatic nitrogens is 3. The second-order valence-electron chi connectivity index (χ2n) is 3.42.